The Labute approximate surface area is 227 Å². The average Bonchev–Trinajstić information content (AvgIpc) is 3.16. The van der Waals surface area contributed by atoms with Crippen LogP contribution in [0.5, 0.6) is 0 Å². The van der Waals surface area contributed by atoms with Crippen LogP contribution in [0, 0.1) is 5.92 Å². The number of fused-ring (bicyclic) bond motifs is 2. The summed E-state index contributed by atoms with van der Waals surface area (Å²) in [5, 5.41) is 25.2. The molecule has 5 aliphatic rings. The molecule has 2 aliphatic carbocycles. The second-order valence-corrected chi connectivity index (χ2v) is 11.2. The monoisotopic (exact) mass is 548 g/mol. The van der Waals surface area contributed by atoms with Crippen LogP contribution in [0.1, 0.15) is 39.0 Å². The van der Waals surface area contributed by atoms with Gasteiger partial charge in [-0.3, -0.25) is 14.4 Å². The summed E-state index contributed by atoms with van der Waals surface area (Å²) in [4.78, 5) is 43.6. The normalized spacial score (nSPS) is 30.3. The summed E-state index contributed by atoms with van der Waals surface area (Å²) >= 11 is 0. The third-order valence-electron chi connectivity index (χ3n) is 8.74. The molecule has 1 fully saturated rings. The lowest BCUT2D eigenvalue weighted by Gasteiger charge is -2.46. The summed E-state index contributed by atoms with van der Waals surface area (Å²) in [5.74, 6) is -2.51. The first-order valence-corrected chi connectivity index (χ1v) is 13.1. The van der Waals surface area contributed by atoms with Gasteiger partial charge in [0, 0.05) is 34.8 Å². The molecular formula is C27H39FN5O6+. The Bertz CT molecular complexity index is 1200. The number of nitrogens with one attached hydrogen (secondary N) is 1. The standard InChI is InChI=1S/C27H38FN5O6/c1-16-13-17(7-8-18(16)28)14-29-21(35)19-20(34)22(36)33-15-26(39-6)9-11-27(12-10-26,25(33)31(19)4)32(5)24(38)23(37)30(2)3/h8,13,17,22,36H,7,9-12,14-15H2,1-6H3,(H-,29,34,35)/p+1. The molecule has 0 aromatic carbocycles. The molecule has 5 rings (SSSR count). The SMILES string of the molecule is COC12CCC(N(C)C(=O)C(=O)N(C)C)(CC1)C1=[N+](C2)C(O)C(O)=C(C(=O)NCC2C=C(C)C(F)=CC2)N1C. The summed E-state index contributed by atoms with van der Waals surface area (Å²) in [6.45, 7) is 2.09. The first-order valence-electron chi connectivity index (χ1n) is 13.1. The Balaban J connectivity index is 1.70. The molecule has 3 heterocycles. The highest BCUT2D eigenvalue weighted by molar-refractivity contribution is 6.35. The molecule has 0 spiro atoms. The van der Waals surface area contributed by atoms with Crippen molar-refractivity contribution in [1.82, 2.24) is 20.0 Å². The lowest BCUT2D eigenvalue weighted by Crippen LogP contribution is -2.66. The van der Waals surface area contributed by atoms with E-state index >= 15 is 0 Å². The van der Waals surface area contributed by atoms with E-state index in [1.54, 1.807) is 38.8 Å². The lowest BCUT2D eigenvalue weighted by molar-refractivity contribution is -0.620. The summed E-state index contributed by atoms with van der Waals surface area (Å²) in [6, 6.07) is 0. The Morgan fingerprint density at radius 2 is 1.85 bits per heavy atom. The fourth-order valence-electron chi connectivity index (χ4n) is 6.33. The van der Waals surface area contributed by atoms with Crippen molar-refractivity contribution < 1.29 is 38.3 Å². The smallest absolute Gasteiger partial charge is 0.312 e. The first-order chi connectivity index (χ1) is 18.3. The molecule has 2 atom stereocenters. The molecule has 0 aromatic heterocycles. The van der Waals surface area contributed by atoms with Crippen LogP contribution in [0.4, 0.5) is 4.39 Å². The highest BCUT2D eigenvalue weighted by Gasteiger charge is 2.62. The zero-order valence-corrected chi connectivity index (χ0v) is 23.5. The third kappa shape index (κ3) is 4.73. The van der Waals surface area contributed by atoms with Gasteiger partial charge in [0.1, 0.15) is 23.5 Å². The van der Waals surface area contributed by atoms with Gasteiger partial charge in [0.05, 0.1) is 7.05 Å². The molecule has 3 N–H and O–H groups in total. The van der Waals surface area contributed by atoms with Crippen LogP contribution in [0.2, 0.25) is 0 Å². The van der Waals surface area contributed by atoms with Crippen LogP contribution in [0.25, 0.3) is 0 Å². The molecule has 2 bridgehead atoms. The van der Waals surface area contributed by atoms with Crippen molar-refractivity contribution >= 4 is 23.6 Å². The molecule has 3 aliphatic heterocycles. The third-order valence-corrected chi connectivity index (χ3v) is 8.74. The molecule has 12 heteroatoms. The summed E-state index contributed by atoms with van der Waals surface area (Å²) in [7, 11) is 7.76. The summed E-state index contributed by atoms with van der Waals surface area (Å²) < 4.78 is 21.2. The number of hydrogen-bond donors (Lipinski definition) is 3. The zero-order valence-electron chi connectivity index (χ0n) is 23.5. The number of carbonyl (C=O) groups is 3. The maximum absolute atomic E-state index is 13.7. The van der Waals surface area contributed by atoms with Gasteiger partial charge in [-0.25, -0.2) is 13.9 Å². The van der Waals surface area contributed by atoms with E-state index in [4.69, 9.17) is 4.74 Å². The molecule has 2 unspecified atom stereocenters. The van der Waals surface area contributed by atoms with Crippen LogP contribution in [-0.4, -0.2) is 119 Å². The van der Waals surface area contributed by atoms with Gasteiger partial charge in [-0.1, -0.05) is 6.08 Å². The van der Waals surface area contributed by atoms with Crippen molar-refractivity contribution in [2.45, 2.75) is 56.4 Å². The zero-order chi connectivity index (χ0) is 28.9. The Kier molecular flexibility index (Phi) is 7.65. The van der Waals surface area contributed by atoms with Gasteiger partial charge in [-0.2, -0.15) is 0 Å². The molecule has 0 saturated heterocycles. The largest absolute Gasteiger partial charge is 0.503 e. The highest BCUT2D eigenvalue weighted by Crippen LogP contribution is 2.46. The summed E-state index contributed by atoms with van der Waals surface area (Å²) in [5.41, 5.74) is -1.34. The average molecular weight is 549 g/mol. The van der Waals surface area contributed by atoms with Crippen molar-refractivity contribution in [3.63, 3.8) is 0 Å². The van der Waals surface area contributed by atoms with E-state index in [1.165, 1.54) is 34.9 Å². The van der Waals surface area contributed by atoms with Gasteiger partial charge < -0.3 is 30.1 Å². The second kappa shape index (κ2) is 10.4. The Morgan fingerprint density at radius 3 is 2.41 bits per heavy atom. The molecule has 0 radical (unpaired) electrons. The molecule has 1 saturated carbocycles. The van der Waals surface area contributed by atoms with Gasteiger partial charge in [0.25, 0.3) is 18.0 Å². The van der Waals surface area contributed by atoms with Crippen molar-refractivity contribution in [2.75, 3.05) is 48.4 Å². The van der Waals surface area contributed by atoms with E-state index in [2.05, 4.69) is 5.32 Å². The topological polar surface area (TPSA) is 126 Å². The number of ether oxygens (including phenoxy) is 1. The molecule has 11 nitrogen and oxygen atoms in total. The van der Waals surface area contributed by atoms with Gasteiger partial charge in [0.15, 0.2) is 0 Å². The van der Waals surface area contributed by atoms with Crippen LogP contribution in [0.3, 0.4) is 0 Å². The highest BCUT2D eigenvalue weighted by atomic mass is 19.1. The molecule has 214 valence electrons. The molecule has 39 heavy (non-hydrogen) atoms. The first kappa shape index (κ1) is 28.8. The summed E-state index contributed by atoms with van der Waals surface area (Å²) in [6.07, 6.45) is 4.02. The lowest BCUT2D eigenvalue weighted by atomic mass is 9.73. The Morgan fingerprint density at radius 1 is 1.21 bits per heavy atom. The van der Waals surface area contributed by atoms with Crippen LogP contribution in [0.15, 0.2) is 35.0 Å². The van der Waals surface area contributed by atoms with Gasteiger partial charge in [-0.05, 0) is 56.6 Å². The van der Waals surface area contributed by atoms with Crippen molar-refractivity contribution in [3.8, 4) is 0 Å². The maximum atomic E-state index is 13.7. The van der Waals surface area contributed by atoms with Gasteiger partial charge in [0.2, 0.25) is 11.5 Å². The number of amides is 3. The number of aliphatic hydroxyl groups excluding tert-OH is 2. The number of allylic oxidation sites excluding steroid dienone is 3. The van der Waals surface area contributed by atoms with Crippen molar-refractivity contribution in [1.29, 1.82) is 0 Å². The van der Waals surface area contributed by atoms with Gasteiger partial charge >= 0.3 is 11.8 Å². The number of methoxy groups -OCH3 is 1. The molecular weight excluding hydrogens is 509 g/mol. The quantitative estimate of drug-likeness (QED) is 0.340. The number of aliphatic hydroxyl groups is 2. The minimum atomic E-state index is -1.57. The maximum Gasteiger partial charge on any atom is 0.312 e. The van der Waals surface area contributed by atoms with Gasteiger partial charge in [-0.15, -0.1) is 0 Å². The van der Waals surface area contributed by atoms with E-state index in [-0.39, 0.29) is 30.5 Å². The number of halogens is 1. The van der Waals surface area contributed by atoms with E-state index < -0.39 is 40.8 Å². The number of hydrogen-bond acceptors (Lipinski definition) is 7. The molecule has 3 amide bonds. The van der Waals surface area contributed by atoms with Crippen molar-refractivity contribution in [2.24, 2.45) is 5.92 Å². The van der Waals surface area contributed by atoms with E-state index in [0.29, 0.717) is 43.5 Å². The van der Waals surface area contributed by atoms with Crippen LogP contribution < -0.4 is 5.32 Å². The molecule has 0 aromatic rings. The Hall–Kier alpha value is -3.25. The predicted molar refractivity (Wildman–Crippen MR) is 140 cm³/mol. The van der Waals surface area contributed by atoms with E-state index in [0.717, 1.165) is 0 Å². The number of carbonyl (C=O) groups excluding carboxylic acids is 3. The van der Waals surface area contributed by atoms with E-state index in [1.807, 2.05) is 0 Å². The van der Waals surface area contributed by atoms with Crippen molar-refractivity contribution in [3.05, 3.63) is 35.0 Å². The number of likely N-dealkylation sites (N-methyl/N-ethyl adjacent to an activating group) is 3. The second-order valence-electron chi connectivity index (χ2n) is 11.2. The fraction of sp³-hybridized carbons (Fsp3) is 0.630. The minimum Gasteiger partial charge on any atom is -0.503 e. The van der Waals surface area contributed by atoms with Crippen LogP contribution in [-0.2, 0) is 19.1 Å². The fourth-order valence-corrected chi connectivity index (χ4v) is 6.33. The van der Waals surface area contributed by atoms with Crippen LogP contribution >= 0.6 is 0 Å². The van der Waals surface area contributed by atoms with E-state index in [9.17, 15) is 29.0 Å². The minimum absolute atomic E-state index is 0.124. The number of rotatable bonds is 5. The predicted octanol–water partition coefficient (Wildman–Crippen LogP) is 0.625. The number of nitrogens with zero attached hydrogens (tertiary/aromatic N) is 4. The number of amidine groups is 1.